The molecule has 1 unspecified atom stereocenters. The SMILES string of the molecule is CCCCCCCCCC(O)C1(CN)CCCCC1. The molecule has 3 N–H and O–H groups in total. The van der Waals surface area contributed by atoms with Gasteiger partial charge < -0.3 is 10.8 Å². The maximum Gasteiger partial charge on any atom is 0.0608 e. The van der Waals surface area contributed by atoms with E-state index in [1.54, 1.807) is 0 Å². The van der Waals surface area contributed by atoms with Crippen molar-refractivity contribution in [3.8, 4) is 0 Å². The predicted molar refractivity (Wildman–Crippen MR) is 83.2 cm³/mol. The van der Waals surface area contributed by atoms with Crippen LogP contribution in [0.5, 0.6) is 0 Å². The summed E-state index contributed by atoms with van der Waals surface area (Å²) in [5.41, 5.74) is 6.02. The molecule has 114 valence electrons. The van der Waals surface area contributed by atoms with Crippen molar-refractivity contribution in [2.45, 2.75) is 96.5 Å². The molecular weight excluding hydrogens is 234 g/mol. The van der Waals surface area contributed by atoms with E-state index in [9.17, 15) is 5.11 Å². The van der Waals surface area contributed by atoms with Crippen LogP contribution in [-0.4, -0.2) is 17.8 Å². The Kier molecular flexibility index (Phi) is 8.72. The standard InChI is InChI=1S/C17H35NO/c1-2-3-4-5-6-7-9-12-16(19)17(15-18)13-10-8-11-14-17/h16,19H,2-15,18H2,1H3. The number of rotatable bonds is 10. The summed E-state index contributed by atoms with van der Waals surface area (Å²) < 4.78 is 0. The lowest BCUT2D eigenvalue weighted by atomic mass is 9.69. The highest BCUT2D eigenvalue weighted by Gasteiger charge is 2.37. The molecule has 0 saturated heterocycles. The van der Waals surface area contributed by atoms with Gasteiger partial charge in [0.05, 0.1) is 6.10 Å². The Hall–Kier alpha value is -0.0800. The first-order chi connectivity index (χ1) is 9.25. The number of aliphatic hydroxyl groups is 1. The van der Waals surface area contributed by atoms with E-state index < -0.39 is 0 Å². The van der Waals surface area contributed by atoms with Gasteiger partial charge in [-0.15, -0.1) is 0 Å². The summed E-state index contributed by atoms with van der Waals surface area (Å²) in [4.78, 5) is 0. The van der Waals surface area contributed by atoms with Crippen molar-refractivity contribution in [3.05, 3.63) is 0 Å². The molecule has 0 radical (unpaired) electrons. The van der Waals surface area contributed by atoms with Crippen molar-refractivity contribution < 1.29 is 5.11 Å². The van der Waals surface area contributed by atoms with Crippen LogP contribution < -0.4 is 5.73 Å². The fourth-order valence-corrected chi connectivity index (χ4v) is 3.53. The molecule has 1 saturated carbocycles. The van der Waals surface area contributed by atoms with Crippen molar-refractivity contribution >= 4 is 0 Å². The summed E-state index contributed by atoms with van der Waals surface area (Å²) in [5, 5.41) is 10.5. The molecule has 1 fully saturated rings. The summed E-state index contributed by atoms with van der Waals surface area (Å²) in [5.74, 6) is 0. The lowest BCUT2D eigenvalue weighted by Crippen LogP contribution is -2.43. The zero-order valence-corrected chi connectivity index (χ0v) is 13.0. The predicted octanol–water partition coefficient (Wildman–Crippen LogP) is 4.40. The minimum absolute atomic E-state index is 0.0560. The average molecular weight is 269 g/mol. The van der Waals surface area contributed by atoms with E-state index in [-0.39, 0.29) is 11.5 Å². The maximum absolute atomic E-state index is 10.5. The number of aliphatic hydroxyl groups excluding tert-OH is 1. The summed E-state index contributed by atoms with van der Waals surface area (Å²) in [6.45, 7) is 2.93. The smallest absolute Gasteiger partial charge is 0.0608 e. The summed E-state index contributed by atoms with van der Waals surface area (Å²) in [7, 11) is 0. The average Bonchev–Trinajstić information content (AvgIpc) is 2.46. The first-order valence-corrected chi connectivity index (χ1v) is 8.63. The van der Waals surface area contributed by atoms with E-state index in [2.05, 4.69) is 6.92 Å². The number of unbranched alkanes of at least 4 members (excludes halogenated alkanes) is 6. The van der Waals surface area contributed by atoms with Gasteiger partial charge in [0.1, 0.15) is 0 Å². The third-order valence-corrected chi connectivity index (χ3v) is 5.04. The molecule has 2 heteroatoms. The molecule has 1 aliphatic carbocycles. The fourth-order valence-electron chi connectivity index (χ4n) is 3.53. The van der Waals surface area contributed by atoms with Gasteiger partial charge in [-0.2, -0.15) is 0 Å². The highest BCUT2D eigenvalue weighted by Crippen LogP contribution is 2.40. The number of hydrogen-bond donors (Lipinski definition) is 2. The van der Waals surface area contributed by atoms with E-state index >= 15 is 0 Å². The third-order valence-electron chi connectivity index (χ3n) is 5.04. The Morgan fingerprint density at radius 1 is 0.947 bits per heavy atom. The molecule has 19 heavy (non-hydrogen) atoms. The zero-order valence-electron chi connectivity index (χ0n) is 13.0. The molecule has 0 heterocycles. The van der Waals surface area contributed by atoms with Crippen molar-refractivity contribution in [3.63, 3.8) is 0 Å². The molecule has 0 aromatic carbocycles. The molecule has 0 amide bonds. The molecule has 0 aliphatic heterocycles. The summed E-state index contributed by atoms with van der Waals surface area (Å²) >= 11 is 0. The monoisotopic (exact) mass is 269 g/mol. The number of nitrogens with two attached hydrogens (primary N) is 1. The molecule has 0 aromatic rings. The Balaban J connectivity index is 2.13. The lowest BCUT2D eigenvalue weighted by Gasteiger charge is -2.40. The van der Waals surface area contributed by atoms with E-state index in [0.29, 0.717) is 6.54 Å². The van der Waals surface area contributed by atoms with E-state index in [1.165, 1.54) is 64.2 Å². The largest absolute Gasteiger partial charge is 0.393 e. The van der Waals surface area contributed by atoms with Gasteiger partial charge in [-0.05, 0) is 19.3 Å². The van der Waals surface area contributed by atoms with Crippen LogP contribution >= 0.6 is 0 Å². The van der Waals surface area contributed by atoms with Crippen molar-refractivity contribution in [2.24, 2.45) is 11.1 Å². The van der Waals surface area contributed by atoms with Crippen LogP contribution in [0.3, 0.4) is 0 Å². The highest BCUT2D eigenvalue weighted by molar-refractivity contribution is 4.89. The quantitative estimate of drug-likeness (QED) is 0.577. The van der Waals surface area contributed by atoms with E-state index in [1.807, 2.05) is 0 Å². The topological polar surface area (TPSA) is 46.2 Å². The lowest BCUT2D eigenvalue weighted by molar-refractivity contribution is -0.00438. The fraction of sp³-hybridized carbons (Fsp3) is 1.00. The molecule has 0 spiro atoms. The molecule has 1 atom stereocenters. The normalized spacial score (nSPS) is 20.4. The molecule has 1 aliphatic rings. The van der Waals surface area contributed by atoms with Gasteiger partial charge in [-0.25, -0.2) is 0 Å². The van der Waals surface area contributed by atoms with Gasteiger partial charge in [0.15, 0.2) is 0 Å². The Bertz CT molecular complexity index is 211. The van der Waals surface area contributed by atoms with Crippen LogP contribution in [0.4, 0.5) is 0 Å². The zero-order chi connectivity index (χ0) is 14.0. The third kappa shape index (κ3) is 5.83. The first kappa shape index (κ1) is 17.0. The first-order valence-electron chi connectivity index (χ1n) is 8.63. The highest BCUT2D eigenvalue weighted by atomic mass is 16.3. The second kappa shape index (κ2) is 9.77. The van der Waals surface area contributed by atoms with Crippen LogP contribution in [-0.2, 0) is 0 Å². The van der Waals surface area contributed by atoms with Crippen LogP contribution in [0, 0.1) is 5.41 Å². The van der Waals surface area contributed by atoms with Crippen LogP contribution in [0.25, 0.3) is 0 Å². The molecule has 2 nitrogen and oxygen atoms in total. The van der Waals surface area contributed by atoms with E-state index in [4.69, 9.17) is 5.73 Å². The number of hydrogen-bond acceptors (Lipinski definition) is 2. The Labute approximate surface area is 120 Å². The second-order valence-electron chi connectivity index (χ2n) is 6.55. The summed E-state index contributed by atoms with van der Waals surface area (Å²) in [6, 6.07) is 0. The maximum atomic E-state index is 10.5. The van der Waals surface area contributed by atoms with Crippen molar-refractivity contribution in [2.75, 3.05) is 6.54 Å². The van der Waals surface area contributed by atoms with Crippen molar-refractivity contribution in [1.29, 1.82) is 0 Å². The van der Waals surface area contributed by atoms with Crippen LogP contribution in [0.1, 0.15) is 90.4 Å². The van der Waals surface area contributed by atoms with Gasteiger partial charge in [-0.1, -0.05) is 71.1 Å². The summed E-state index contributed by atoms with van der Waals surface area (Å²) in [6.07, 6.45) is 16.1. The van der Waals surface area contributed by atoms with Gasteiger partial charge >= 0.3 is 0 Å². The molecular formula is C17H35NO. The molecule has 1 rings (SSSR count). The van der Waals surface area contributed by atoms with Crippen LogP contribution in [0.2, 0.25) is 0 Å². The van der Waals surface area contributed by atoms with Gasteiger partial charge in [0, 0.05) is 12.0 Å². The van der Waals surface area contributed by atoms with Crippen molar-refractivity contribution in [1.82, 2.24) is 0 Å². The minimum atomic E-state index is -0.159. The van der Waals surface area contributed by atoms with Gasteiger partial charge in [0.25, 0.3) is 0 Å². The second-order valence-corrected chi connectivity index (χ2v) is 6.55. The molecule has 0 bridgehead atoms. The van der Waals surface area contributed by atoms with Crippen LogP contribution in [0.15, 0.2) is 0 Å². The van der Waals surface area contributed by atoms with Gasteiger partial charge in [0.2, 0.25) is 0 Å². The minimum Gasteiger partial charge on any atom is -0.393 e. The molecule has 0 aromatic heterocycles. The Morgan fingerprint density at radius 2 is 1.53 bits per heavy atom. The van der Waals surface area contributed by atoms with Gasteiger partial charge in [-0.3, -0.25) is 0 Å². The van der Waals surface area contributed by atoms with E-state index in [0.717, 1.165) is 19.3 Å². The Morgan fingerprint density at radius 3 is 2.11 bits per heavy atom.